The Morgan fingerprint density at radius 2 is 1.92 bits per heavy atom. The summed E-state index contributed by atoms with van der Waals surface area (Å²) in [4.78, 5) is 30.0. The molecule has 0 bridgehead atoms. The molecule has 0 saturated heterocycles. The first-order valence-electron chi connectivity index (χ1n) is 12.1. The standard InChI is InChI=1S/C27H24ClN7O3/c1-2-3-6-19-16-35(24-21(26(36)37)7-4-9-22(24)28)27(38)34(19)15-17-10-12-18(13-11-17)23-20(8-5-14-29-23)25-30-32-33-31-25/h4-5,7-14,16H,2-3,6,15H2,1H3,(H,36,37)(H,30,31,32,33). The highest BCUT2D eigenvalue weighted by atomic mass is 35.5. The van der Waals surface area contributed by atoms with Crippen LogP contribution >= 0.6 is 11.6 Å². The molecule has 10 nitrogen and oxygen atoms in total. The molecule has 5 aromatic rings. The molecule has 3 heterocycles. The maximum Gasteiger partial charge on any atom is 0.337 e. The van der Waals surface area contributed by atoms with Gasteiger partial charge in [0.1, 0.15) is 0 Å². The van der Waals surface area contributed by atoms with Crippen molar-refractivity contribution >= 4 is 17.6 Å². The van der Waals surface area contributed by atoms with Crippen LogP contribution in [0.5, 0.6) is 0 Å². The van der Waals surface area contributed by atoms with Gasteiger partial charge < -0.3 is 5.11 Å². The van der Waals surface area contributed by atoms with E-state index < -0.39 is 5.97 Å². The van der Waals surface area contributed by atoms with E-state index in [4.69, 9.17) is 11.6 Å². The van der Waals surface area contributed by atoms with E-state index in [-0.39, 0.29) is 22.0 Å². The number of imidazole rings is 1. The normalized spacial score (nSPS) is 11.1. The summed E-state index contributed by atoms with van der Waals surface area (Å²) in [6.45, 7) is 2.40. The second-order valence-electron chi connectivity index (χ2n) is 8.74. The zero-order chi connectivity index (χ0) is 26.6. The largest absolute Gasteiger partial charge is 0.478 e. The Morgan fingerprint density at radius 3 is 2.63 bits per heavy atom. The molecule has 0 aliphatic heterocycles. The number of benzene rings is 2. The second kappa shape index (κ2) is 10.8. The van der Waals surface area contributed by atoms with Crippen LogP contribution in [0.4, 0.5) is 0 Å². The van der Waals surface area contributed by atoms with Crippen molar-refractivity contribution in [2.24, 2.45) is 0 Å². The van der Waals surface area contributed by atoms with Crippen LogP contribution in [-0.2, 0) is 13.0 Å². The van der Waals surface area contributed by atoms with Crippen molar-refractivity contribution < 1.29 is 9.90 Å². The third kappa shape index (κ3) is 4.85. The molecule has 0 atom stereocenters. The number of pyridine rings is 1. The molecular weight excluding hydrogens is 506 g/mol. The van der Waals surface area contributed by atoms with E-state index >= 15 is 0 Å². The number of aromatic nitrogens is 7. The van der Waals surface area contributed by atoms with E-state index in [0.29, 0.717) is 24.5 Å². The molecule has 38 heavy (non-hydrogen) atoms. The van der Waals surface area contributed by atoms with Gasteiger partial charge in [-0.1, -0.05) is 55.3 Å². The van der Waals surface area contributed by atoms with E-state index in [2.05, 4.69) is 32.5 Å². The number of para-hydroxylation sites is 1. The lowest BCUT2D eigenvalue weighted by atomic mass is 10.0. The maximum absolute atomic E-state index is 13.6. The van der Waals surface area contributed by atoms with E-state index in [1.807, 2.05) is 36.4 Å². The van der Waals surface area contributed by atoms with Crippen molar-refractivity contribution in [3.05, 3.63) is 99.3 Å². The first-order chi connectivity index (χ1) is 18.5. The molecule has 0 spiro atoms. The van der Waals surface area contributed by atoms with Crippen molar-refractivity contribution in [2.45, 2.75) is 32.7 Å². The van der Waals surface area contributed by atoms with Crippen LogP contribution < -0.4 is 5.69 Å². The molecule has 3 aromatic heterocycles. The van der Waals surface area contributed by atoms with Gasteiger partial charge in [0.25, 0.3) is 0 Å². The minimum Gasteiger partial charge on any atom is -0.478 e. The van der Waals surface area contributed by atoms with Crippen molar-refractivity contribution in [3.8, 4) is 28.3 Å². The zero-order valence-electron chi connectivity index (χ0n) is 20.5. The topological polar surface area (TPSA) is 132 Å². The molecule has 0 fully saturated rings. The predicted octanol–water partition coefficient (Wildman–Crippen LogP) is 4.62. The number of unbranched alkanes of at least 4 members (excludes halogenated alkanes) is 1. The first kappa shape index (κ1) is 25.1. The lowest BCUT2D eigenvalue weighted by Crippen LogP contribution is -2.26. The van der Waals surface area contributed by atoms with Crippen molar-refractivity contribution in [1.29, 1.82) is 0 Å². The van der Waals surface area contributed by atoms with Crippen LogP contribution in [-0.4, -0.2) is 45.8 Å². The molecule has 2 aromatic carbocycles. The summed E-state index contributed by atoms with van der Waals surface area (Å²) in [5, 5.41) is 24.1. The number of nitrogens with zero attached hydrogens (tertiary/aromatic N) is 6. The van der Waals surface area contributed by atoms with Crippen molar-refractivity contribution in [1.82, 2.24) is 34.7 Å². The number of H-pyrrole nitrogens is 1. The van der Waals surface area contributed by atoms with Gasteiger partial charge in [-0.05, 0) is 47.9 Å². The van der Waals surface area contributed by atoms with Crippen molar-refractivity contribution in [3.63, 3.8) is 0 Å². The van der Waals surface area contributed by atoms with E-state index in [0.717, 1.165) is 35.2 Å². The number of carbonyl (C=O) groups is 1. The number of aromatic carboxylic acids is 1. The summed E-state index contributed by atoms with van der Waals surface area (Å²) in [5.74, 6) is -0.700. The Morgan fingerprint density at radius 1 is 1.11 bits per heavy atom. The number of carboxylic acid groups (broad SMARTS) is 1. The first-order valence-corrected chi connectivity index (χ1v) is 12.5. The number of rotatable bonds is 9. The number of hydrogen-bond acceptors (Lipinski definition) is 6. The fourth-order valence-electron chi connectivity index (χ4n) is 4.39. The highest BCUT2D eigenvalue weighted by Gasteiger charge is 2.20. The van der Waals surface area contributed by atoms with Crippen LogP contribution in [0.3, 0.4) is 0 Å². The molecular formula is C27H24ClN7O3. The Kier molecular flexibility index (Phi) is 7.14. The molecule has 0 saturated carbocycles. The molecule has 0 radical (unpaired) electrons. The van der Waals surface area contributed by atoms with Gasteiger partial charge in [0.15, 0.2) is 0 Å². The average molecular weight is 530 g/mol. The lowest BCUT2D eigenvalue weighted by molar-refractivity contribution is 0.0697. The Labute approximate surface area is 222 Å². The smallest absolute Gasteiger partial charge is 0.337 e. The number of halogens is 1. The van der Waals surface area contributed by atoms with Crippen LogP contribution in [0.2, 0.25) is 5.02 Å². The third-order valence-electron chi connectivity index (χ3n) is 6.27. The highest BCUT2D eigenvalue weighted by molar-refractivity contribution is 6.33. The van der Waals surface area contributed by atoms with Crippen LogP contribution in [0.25, 0.3) is 28.3 Å². The quantitative estimate of drug-likeness (QED) is 0.284. The molecule has 0 aliphatic carbocycles. The summed E-state index contributed by atoms with van der Waals surface area (Å²) in [5.41, 5.74) is 3.83. The van der Waals surface area contributed by atoms with Crippen molar-refractivity contribution in [2.75, 3.05) is 0 Å². The number of hydrogen-bond donors (Lipinski definition) is 2. The van der Waals surface area contributed by atoms with Gasteiger partial charge in [-0.2, -0.15) is 5.21 Å². The zero-order valence-corrected chi connectivity index (χ0v) is 21.3. The van der Waals surface area contributed by atoms with Crippen LogP contribution in [0, 0.1) is 0 Å². The summed E-state index contributed by atoms with van der Waals surface area (Å²) in [7, 11) is 0. The predicted molar refractivity (Wildman–Crippen MR) is 143 cm³/mol. The average Bonchev–Trinajstić information content (AvgIpc) is 3.57. The Balaban J connectivity index is 1.51. The minimum atomic E-state index is -1.15. The van der Waals surface area contributed by atoms with Gasteiger partial charge in [-0.15, -0.1) is 10.2 Å². The van der Waals surface area contributed by atoms with Gasteiger partial charge in [-0.25, -0.2) is 9.59 Å². The Bertz CT molecular complexity index is 1640. The summed E-state index contributed by atoms with van der Waals surface area (Å²) in [6.07, 6.45) is 5.91. The van der Waals surface area contributed by atoms with E-state index in [1.165, 1.54) is 10.6 Å². The fraction of sp³-hybridized carbons (Fsp3) is 0.185. The molecule has 192 valence electrons. The third-order valence-corrected chi connectivity index (χ3v) is 6.57. The number of tetrazole rings is 1. The summed E-state index contributed by atoms with van der Waals surface area (Å²) in [6, 6.07) is 16.0. The number of aryl methyl sites for hydroxylation is 1. The summed E-state index contributed by atoms with van der Waals surface area (Å²) < 4.78 is 3.02. The monoisotopic (exact) mass is 529 g/mol. The number of aromatic amines is 1. The minimum absolute atomic E-state index is 0.0316. The molecule has 11 heteroatoms. The highest BCUT2D eigenvalue weighted by Crippen LogP contribution is 2.28. The van der Waals surface area contributed by atoms with Gasteiger partial charge >= 0.3 is 11.7 Å². The maximum atomic E-state index is 13.6. The number of carboxylic acids is 1. The molecule has 0 aliphatic rings. The summed E-state index contributed by atoms with van der Waals surface area (Å²) >= 11 is 6.38. The van der Waals surface area contributed by atoms with Crippen LogP contribution in [0.15, 0.2) is 71.8 Å². The molecule has 5 rings (SSSR count). The van der Waals surface area contributed by atoms with Gasteiger partial charge in [-0.3, -0.25) is 14.1 Å². The van der Waals surface area contributed by atoms with Gasteiger partial charge in [0.05, 0.1) is 28.5 Å². The van der Waals surface area contributed by atoms with Crippen LogP contribution in [0.1, 0.15) is 41.4 Å². The van der Waals surface area contributed by atoms with E-state index in [9.17, 15) is 14.7 Å². The number of nitrogens with one attached hydrogen (secondary N) is 1. The molecule has 0 unspecified atom stereocenters. The van der Waals surface area contributed by atoms with Gasteiger partial charge in [0.2, 0.25) is 5.82 Å². The fourth-order valence-corrected chi connectivity index (χ4v) is 4.65. The molecule has 0 amide bonds. The molecule has 2 N–H and O–H groups in total. The van der Waals surface area contributed by atoms with Gasteiger partial charge in [0, 0.05) is 29.2 Å². The Hall–Kier alpha value is -4.57. The lowest BCUT2D eigenvalue weighted by Gasteiger charge is -2.10. The SMILES string of the molecule is CCCCc1cn(-c2c(Cl)cccc2C(=O)O)c(=O)n1Cc1ccc(-c2ncccc2-c2nn[nH]n2)cc1. The second-order valence-corrected chi connectivity index (χ2v) is 9.14. The van der Waals surface area contributed by atoms with E-state index in [1.54, 1.807) is 29.1 Å².